The zero-order valence-electron chi connectivity index (χ0n) is 10.5. The molecule has 0 saturated heterocycles. The lowest BCUT2D eigenvalue weighted by Crippen LogP contribution is -2.57. The fraction of sp³-hybridized carbons (Fsp3) is 0.333. The first-order chi connectivity index (χ1) is 8.24. The first kappa shape index (κ1) is 14.3. The Morgan fingerprint density at radius 2 is 1.61 bits per heavy atom. The van der Waals surface area contributed by atoms with Gasteiger partial charge in [-0.15, -0.1) is 0 Å². The molecule has 18 heavy (non-hydrogen) atoms. The van der Waals surface area contributed by atoms with Gasteiger partial charge in [-0.25, -0.2) is 0 Å². The average molecular weight is 268 g/mol. The maximum atomic E-state index is 7.50. The van der Waals surface area contributed by atoms with Crippen molar-refractivity contribution in [3.8, 4) is 0 Å². The third-order valence-electron chi connectivity index (χ3n) is 2.64. The third kappa shape index (κ3) is 3.37. The van der Waals surface area contributed by atoms with E-state index in [1.165, 1.54) is 4.90 Å². The highest BCUT2D eigenvalue weighted by Crippen LogP contribution is 2.21. The lowest BCUT2D eigenvalue weighted by molar-refractivity contribution is 0.300. The molecule has 0 aliphatic heterocycles. The second kappa shape index (κ2) is 5.27. The summed E-state index contributed by atoms with van der Waals surface area (Å²) >= 11 is 5.83. The molecule has 0 fully saturated rings. The highest BCUT2D eigenvalue weighted by molar-refractivity contribution is 6.30. The molecule has 0 saturated carbocycles. The van der Waals surface area contributed by atoms with Gasteiger partial charge in [0, 0.05) is 10.6 Å². The summed E-state index contributed by atoms with van der Waals surface area (Å²) in [5, 5.41) is 15.7. The second-order valence-corrected chi connectivity index (χ2v) is 5.16. The average Bonchev–Trinajstić information content (AvgIpc) is 2.19. The summed E-state index contributed by atoms with van der Waals surface area (Å²) in [5.41, 5.74) is 11.4. The number of guanidine groups is 2. The van der Waals surface area contributed by atoms with Gasteiger partial charge >= 0.3 is 0 Å². The van der Waals surface area contributed by atoms with Gasteiger partial charge in [-0.3, -0.25) is 15.7 Å². The quantitative estimate of drug-likeness (QED) is 0.495. The van der Waals surface area contributed by atoms with E-state index >= 15 is 0 Å². The number of nitrogens with zero attached hydrogens (tertiary/aromatic N) is 1. The summed E-state index contributed by atoms with van der Waals surface area (Å²) in [4.78, 5) is 1.29. The van der Waals surface area contributed by atoms with E-state index in [9.17, 15) is 0 Å². The summed E-state index contributed by atoms with van der Waals surface area (Å²) in [5.74, 6) is -0.470. The molecule has 0 bridgehead atoms. The highest BCUT2D eigenvalue weighted by Gasteiger charge is 2.30. The van der Waals surface area contributed by atoms with Crippen molar-refractivity contribution in [3.63, 3.8) is 0 Å². The molecule has 1 rings (SSSR count). The standard InChI is InChI=1S/C12H18ClN5/c1-12(2,18(10(14)15)11(16)17)7-8-3-5-9(13)6-4-8/h3-6H,7H2,1-2H3,(H3,14,15)(H3,16,17). The molecule has 98 valence electrons. The lowest BCUT2D eigenvalue weighted by atomic mass is 9.93. The Balaban J connectivity index is 2.95. The van der Waals surface area contributed by atoms with Gasteiger partial charge in [0.25, 0.3) is 0 Å². The summed E-state index contributed by atoms with van der Waals surface area (Å²) in [6, 6.07) is 7.42. The number of nitrogens with one attached hydrogen (secondary N) is 2. The van der Waals surface area contributed by atoms with Crippen LogP contribution in [0.4, 0.5) is 0 Å². The molecule has 6 N–H and O–H groups in total. The maximum Gasteiger partial charge on any atom is 0.195 e. The molecule has 0 spiro atoms. The van der Waals surface area contributed by atoms with E-state index in [2.05, 4.69) is 0 Å². The molecule has 0 aromatic heterocycles. The number of hydrogen-bond acceptors (Lipinski definition) is 2. The Bertz CT molecular complexity index is 438. The van der Waals surface area contributed by atoms with Crippen molar-refractivity contribution in [2.24, 2.45) is 11.5 Å². The van der Waals surface area contributed by atoms with Gasteiger partial charge in [-0.1, -0.05) is 23.7 Å². The van der Waals surface area contributed by atoms with Crippen molar-refractivity contribution in [3.05, 3.63) is 34.9 Å². The van der Waals surface area contributed by atoms with E-state index in [0.29, 0.717) is 11.4 Å². The largest absolute Gasteiger partial charge is 0.370 e. The van der Waals surface area contributed by atoms with Crippen LogP contribution in [0.5, 0.6) is 0 Å². The van der Waals surface area contributed by atoms with Crippen LogP contribution in [0.15, 0.2) is 24.3 Å². The molecule has 0 radical (unpaired) electrons. The summed E-state index contributed by atoms with van der Waals surface area (Å²) in [6.07, 6.45) is 0.601. The predicted octanol–water partition coefficient (Wildman–Crippen LogP) is 1.75. The van der Waals surface area contributed by atoms with Crippen LogP contribution in [-0.2, 0) is 6.42 Å². The predicted molar refractivity (Wildman–Crippen MR) is 74.9 cm³/mol. The van der Waals surface area contributed by atoms with Crippen molar-refractivity contribution in [1.82, 2.24) is 4.90 Å². The van der Waals surface area contributed by atoms with Crippen molar-refractivity contribution in [2.45, 2.75) is 25.8 Å². The fourth-order valence-electron chi connectivity index (χ4n) is 1.96. The monoisotopic (exact) mass is 267 g/mol. The molecule has 0 atom stereocenters. The number of benzene rings is 1. The fourth-order valence-corrected chi connectivity index (χ4v) is 2.09. The normalized spacial score (nSPS) is 11.1. The van der Waals surface area contributed by atoms with Crippen LogP contribution < -0.4 is 11.5 Å². The molecule has 6 heteroatoms. The number of nitrogens with two attached hydrogens (primary N) is 2. The Morgan fingerprint density at radius 1 is 1.17 bits per heavy atom. The second-order valence-electron chi connectivity index (χ2n) is 4.72. The molecule has 1 aromatic carbocycles. The van der Waals surface area contributed by atoms with Crippen LogP contribution in [0.1, 0.15) is 19.4 Å². The number of halogens is 1. The van der Waals surface area contributed by atoms with E-state index in [-0.39, 0.29) is 11.9 Å². The number of rotatable bonds is 3. The highest BCUT2D eigenvalue weighted by atomic mass is 35.5. The first-order valence-electron chi connectivity index (χ1n) is 5.47. The Labute approximate surface area is 112 Å². The smallest absolute Gasteiger partial charge is 0.195 e. The first-order valence-corrected chi connectivity index (χ1v) is 5.84. The van der Waals surface area contributed by atoms with E-state index in [0.717, 1.165) is 5.56 Å². The Hall–Kier alpha value is -1.75. The molecule has 0 aliphatic carbocycles. The molecule has 0 unspecified atom stereocenters. The third-order valence-corrected chi connectivity index (χ3v) is 2.89. The molecular formula is C12H18ClN5. The van der Waals surface area contributed by atoms with Crippen molar-refractivity contribution in [1.29, 1.82) is 10.8 Å². The van der Waals surface area contributed by atoms with Crippen LogP contribution in [0.25, 0.3) is 0 Å². The van der Waals surface area contributed by atoms with Crippen LogP contribution in [-0.4, -0.2) is 22.4 Å². The van der Waals surface area contributed by atoms with E-state index < -0.39 is 5.54 Å². The molecule has 0 amide bonds. The van der Waals surface area contributed by atoms with E-state index in [1.807, 2.05) is 26.0 Å². The Kier molecular flexibility index (Phi) is 4.19. The number of hydrogen-bond donors (Lipinski definition) is 4. The molecule has 5 nitrogen and oxygen atoms in total. The molecule has 1 aromatic rings. The van der Waals surface area contributed by atoms with Crippen molar-refractivity contribution in [2.75, 3.05) is 0 Å². The summed E-state index contributed by atoms with van der Waals surface area (Å²) in [7, 11) is 0. The van der Waals surface area contributed by atoms with Gasteiger partial charge in [0.1, 0.15) is 0 Å². The summed E-state index contributed by atoms with van der Waals surface area (Å²) < 4.78 is 0. The summed E-state index contributed by atoms with van der Waals surface area (Å²) in [6.45, 7) is 3.76. The minimum Gasteiger partial charge on any atom is -0.370 e. The minimum absolute atomic E-state index is 0.235. The zero-order valence-corrected chi connectivity index (χ0v) is 11.3. The van der Waals surface area contributed by atoms with Crippen molar-refractivity contribution >= 4 is 23.5 Å². The van der Waals surface area contributed by atoms with Crippen LogP contribution in [0.2, 0.25) is 5.02 Å². The zero-order chi connectivity index (χ0) is 13.9. The van der Waals surface area contributed by atoms with Crippen molar-refractivity contribution < 1.29 is 0 Å². The Morgan fingerprint density at radius 3 is 2.00 bits per heavy atom. The van der Waals surface area contributed by atoms with Gasteiger partial charge in [0.15, 0.2) is 11.9 Å². The van der Waals surface area contributed by atoms with Gasteiger partial charge in [-0.05, 0) is 38.0 Å². The van der Waals surface area contributed by atoms with Gasteiger partial charge in [-0.2, -0.15) is 0 Å². The topological polar surface area (TPSA) is 103 Å². The van der Waals surface area contributed by atoms with E-state index in [1.54, 1.807) is 12.1 Å². The minimum atomic E-state index is -0.550. The lowest BCUT2D eigenvalue weighted by Gasteiger charge is -2.37. The maximum absolute atomic E-state index is 7.50. The van der Waals surface area contributed by atoms with E-state index in [4.69, 9.17) is 33.9 Å². The SMILES string of the molecule is CC(C)(Cc1ccc(Cl)cc1)N(C(=N)N)C(=N)N. The molecule has 0 heterocycles. The van der Waals surface area contributed by atoms with Gasteiger partial charge in [0.05, 0.1) is 0 Å². The van der Waals surface area contributed by atoms with Crippen LogP contribution >= 0.6 is 11.6 Å². The van der Waals surface area contributed by atoms with Gasteiger partial charge in [0.2, 0.25) is 0 Å². The molecule has 0 aliphatic rings. The van der Waals surface area contributed by atoms with Crippen LogP contribution in [0, 0.1) is 10.8 Å². The van der Waals surface area contributed by atoms with Gasteiger partial charge < -0.3 is 11.5 Å². The molecular weight excluding hydrogens is 250 g/mol. The van der Waals surface area contributed by atoms with Crippen LogP contribution in [0.3, 0.4) is 0 Å².